The second kappa shape index (κ2) is 6.50. The summed E-state index contributed by atoms with van der Waals surface area (Å²) in [6.07, 6.45) is 1.44. The van der Waals surface area contributed by atoms with Crippen molar-refractivity contribution in [3.63, 3.8) is 0 Å². The Kier molecular flexibility index (Phi) is 4.24. The van der Waals surface area contributed by atoms with Gasteiger partial charge in [0.25, 0.3) is 0 Å². The molecule has 1 N–H and O–H groups in total. The van der Waals surface area contributed by atoms with Crippen LogP contribution in [0, 0.1) is 0 Å². The molecule has 5 nitrogen and oxygen atoms in total. The molecular weight excluding hydrogens is 308 g/mol. The summed E-state index contributed by atoms with van der Waals surface area (Å²) in [4.78, 5) is 35.2. The number of fused-ring (bicyclic) bond motifs is 1. The van der Waals surface area contributed by atoms with Crippen LogP contribution in [0.15, 0.2) is 54.1 Å². The van der Waals surface area contributed by atoms with E-state index < -0.39 is 5.97 Å². The molecule has 0 fully saturated rings. The van der Waals surface area contributed by atoms with Gasteiger partial charge in [0.05, 0.1) is 18.6 Å². The van der Waals surface area contributed by atoms with Gasteiger partial charge in [0.1, 0.15) is 5.75 Å². The average Bonchev–Trinajstić information content (AvgIpc) is 2.80. The van der Waals surface area contributed by atoms with Crippen molar-refractivity contribution in [1.82, 2.24) is 0 Å². The van der Waals surface area contributed by atoms with Gasteiger partial charge in [-0.2, -0.15) is 0 Å². The molecule has 0 saturated heterocycles. The maximum Gasteiger partial charge on any atom is 0.306 e. The fourth-order valence-electron chi connectivity index (χ4n) is 2.52. The molecule has 2 aromatic rings. The number of hydrogen-bond acceptors (Lipinski definition) is 4. The zero-order chi connectivity index (χ0) is 17.1. The summed E-state index contributed by atoms with van der Waals surface area (Å²) in [7, 11) is 0. The first-order chi connectivity index (χ1) is 11.6. The number of carboxylic acid groups (broad SMARTS) is 1. The number of carboxylic acids is 1. The molecule has 0 aromatic heterocycles. The Morgan fingerprint density at radius 3 is 2.29 bits per heavy atom. The zero-order valence-electron chi connectivity index (χ0n) is 12.7. The summed E-state index contributed by atoms with van der Waals surface area (Å²) in [6, 6.07) is 13.6. The summed E-state index contributed by atoms with van der Waals surface area (Å²) in [5, 5.41) is 8.62. The number of carbonyl (C=O) groups excluding carboxylic acids is 2. The van der Waals surface area contributed by atoms with Crippen molar-refractivity contribution in [2.24, 2.45) is 0 Å². The SMILES string of the molecule is O=C(O)CCOc1cccc(C=C2C(=O)c3ccccc3C2=O)c1. The topological polar surface area (TPSA) is 80.7 Å². The molecule has 0 radical (unpaired) electrons. The van der Waals surface area contributed by atoms with E-state index in [0.29, 0.717) is 22.4 Å². The highest BCUT2D eigenvalue weighted by molar-refractivity contribution is 6.41. The van der Waals surface area contributed by atoms with Crippen LogP contribution in [0.1, 0.15) is 32.7 Å². The summed E-state index contributed by atoms with van der Waals surface area (Å²) in [5.74, 6) is -1.02. The minimum absolute atomic E-state index is 0.0542. The van der Waals surface area contributed by atoms with Gasteiger partial charge in [0.2, 0.25) is 0 Å². The predicted molar refractivity (Wildman–Crippen MR) is 87.3 cm³/mol. The summed E-state index contributed by atoms with van der Waals surface area (Å²) in [5.41, 5.74) is 1.61. The first-order valence-electron chi connectivity index (χ1n) is 7.41. The molecule has 0 atom stereocenters. The number of ketones is 2. The number of aliphatic carboxylic acids is 1. The Morgan fingerprint density at radius 2 is 1.67 bits per heavy atom. The Bertz CT molecular complexity index is 827. The molecule has 0 unspecified atom stereocenters. The lowest BCUT2D eigenvalue weighted by Gasteiger charge is -2.05. The Balaban J connectivity index is 1.83. The molecule has 24 heavy (non-hydrogen) atoms. The third-order valence-corrected chi connectivity index (χ3v) is 3.66. The maximum atomic E-state index is 12.4. The lowest BCUT2D eigenvalue weighted by molar-refractivity contribution is -0.137. The van der Waals surface area contributed by atoms with Crippen LogP contribution < -0.4 is 4.74 Å². The van der Waals surface area contributed by atoms with Crippen molar-refractivity contribution in [2.45, 2.75) is 6.42 Å². The molecule has 0 amide bonds. The van der Waals surface area contributed by atoms with Gasteiger partial charge in [-0.05, 0) is 23.8 Å². The molecular formula is C19H14O5. The van der Waals surface area contributed by atoms with Gasteiger partial charge in [-0.25, -0.2) is 0 Å². The lowest BCUT2D eigenvalue weighted by Crippen LogP contribution is -2.04. The fourth-order valence-corrected chi connectivity index (χ4v) is 2.52. The van der Waals surface area contributed by atoms with Gasteiger partial charge >= 0.3 is 5.97 Å². The van der Waals surface area contributed by atoms with Crippen molar-refractivity contribution in [3.8, 4) is 5.75 Å². The molecule has 0 aliphatic heterocycles. The second-order valence-electron chi connectivity index (χ2n) is 5.33. The molecule has 0 spiro atoms. The number of rotatable bonds is 5. The number of Topliss-reactive ketones (excluding diaryl/α,β-unsaturated/α-hetero) is 2. The minimum atomic E-state index is -0.937. The smallest absolute Gasteiger partial charge is 0.306 e. The summed E-state index contributed by atoms with van der Waals surface area (Å²) in [6.45, 7) is 0.0542. The quantitative estimate of drug-likeness (QED) is 0.676. The molecule has 0 bridgehead atoms. The number of benzene rings is 2. The lowest BCUT2D eigenvalue weighted by atomic mass is 10.1. The summed E-state index contributed by atoms with van der Waals surface area (Å²) < 4.78 is 5.36. The fraction of sp³-hybridized carbons (Fsp3) is 0.105. The van der Waals surface area contributed by atoms with E-state index in [1.807, 2.05) is 0 Å². The molecule has 3 rings (SSSR count). The second-order valence-corrected chi connectivity index (χ2v) is 5.33. The molecule has 2 aromatic carbocycles. The molecule has 120 valence electrons. The predicted octanol–water partition coefficient (Wildman–Crippen LogP) is 3.00. The monoisotopic (exact) mass is 322 g/mol. The largest absolute Gasteiger partial charge is 0.493 e. The van der Waals surface area contributed by atoms with Crippen molar-refractivity contribution in [2.75, 3.05) is 6.61 Å². The van der Waals surface area contributed by atoms with Gasteiger partial charge < -0.3 is 9.84 Å². The maximum absolute atomic E-state index is 12.4. The van der Waals surface area contributed by atoms with Crippen LogP contribution in [0.5, 0.6) is 5.75 Å². The van der Waals surface area contributed by atoms with E-state index in [1.165, 1.54) is 6.08 Å². The van der Waals surface area contributed by atoms with Crippen LogP contribution in [0.4, 0.5) is 0 Å². The third kappa shape index (κ3) is 3.10. The first-order valence-corrected chi connectivity index (χ1v) is 7.41. The number of allylic oxidation sites excluding steroid dienone is 1. The number of ether oxygens (including phenoxy) is 1. The first kappa shape index (κ1) is 15.7. The van der Waals surface area contributed by atoms with E-state index in [-0.39, 0.29) is 30.2 Å². The van der Waals surface area contributed by atoms with E-state index in [2.05, 4.69) is 0 Å². The normalized spacial score (nSPS) is 12.9. The standard InChI is InChI=1S/C19H14O5/c20-17(21)8-9-24-13-5-3-4-12(10-13)11-16-18(22)14-6-1-2-7-15(14)19(16)23/h1-7,10-11H,8-9H2,(H,20,21). The van der Waals surface area contributed by atoms with Gasteiger partial charge in [-0.15, -0.1) is 0 Å². The van der Waals surface area contributed by atoms with Crippen molar-refractivity contribution >= 4 is 23.6 Å². The number of carbonyl (C=O) groups is 3. The van der Waals surface area contributed by atoms with E-state index in [4.69, 9.17) is 9.84 Å². The van der Waals surface area contributed by atoms with E-state index >= 15 is 0 Å². The molecule has 0 heterocycles. The van der Waals surface area contributed by atoms with Gasteiger partial charge in [-0.3, -0.25) is 14.4 Å². The van der Waals surface area contributed by atoms with Gasteiger partial charge in [0, 0.05) is 11.1 Å². The van der Waals surface area contributed by atoms with Gasteiger partial charge in [-0.1, -0.05) is 36.4 Å². The highest BCUT2D eigenvalue weighted by Gasteiger charge is 2.32. The average molecular weight is 322 g/mol. The summed E-state index contributed by atoms with van der Waals surface area (Å²) >= 11 is 0. The minimum Gasteiger partial charge on any atom is -0.493 e. The van der Waals surface area contributed by atoms with E-state index in [1.54, 1.807) is 48.5 Å². The van der Waals surface area contributed by atoms with E-state index in [9.17, 15) is 14.4 Å². The van der Waals surface area contributed by atoms with Crippen LogP contribution in [0.3, 0.4) is 0 Å². The van der Waals surface area contributed by atoms with Crippen molar-refractivity contribution < 1.29 is 24.2 Å². The Labute approximate surface area is 138 Å². The number of hydrogen-bond donors (Lipinski definition) is 1. The van der Waals surface area contributed by atoms with Crippen LogP contribution in [-0.2, 0) is 4.79 Å². The van der Waals surface area contributed by atoms with Crippen molar-refractivity contribution in [1.29, 1.82) is 0 Å². The highest BCUT2D eigenvalue weighted by atomic mass is 16.5. The van der Waals surface area contributed by atoms with Crippen molar-refractivity contribution in [3.05, 3.63) is 70.8 Å². The Hall–Kier alpha value is -3.21. The third-order valence-electron chi connectivity index (χ3n) is 3.66. The molecule has 1 aliphatic rings. The van der Waals surface area contributed by atoms with Crippen LogP contribution >= 0.6 is 0 Å². The van der Waals surface area contributed by atoms with Crippen LogP contribution in [-0.4, -0.2) is 29.2 Å². The van der Waals surface area contributed by atoms with E-state index in [0.717, 1.165) is 0 Å². The van der Waals surface area contributed by atoms with Crippen LogP contribution in [0.25, 0.3) is 6.08 Å². The molecule has 1 aliphatic carbocycles. The molecule has 5 heteroatoms. The highest BCUT2D eigenvalue weighted by Crippen LogP contribution is 2.28. The Morgan fingerprint density at radius 1 is 1.00 bits per heavy atom. The zero-order valence-corrected chi connectivity index (χ0v) is 12.7. The van der Waals surface area contributed by atoms with Crippen LogP contribution in [0.2, 0.25) is 0 Å². The van der Waals surface area contributed by atoms with Gasteiger partial charge in [0.15, 0.2) is 11.6 Å². The molecule has 0 saturated carbocycles.